The number of phosphoric ester groups is 2. The maximum atomic E-state index is 10.9. The molecule has 0 saturated heterocycles. The SMILES string of the molecule is N[C@@H](CCC(=O)OP(=O)(O)O)C(=O)OP(=O)(O)O.[NaH].[NaH]. The third kappa shape index (κ3) is 15.6. The summed E-state index contributed by atoms with van der Waals surface area (Å²) in [5.41, 5.74) is 5.12. The number of phosphoric acid groups is 2. The topological polar surface area (TPSA) is 194 Å². The van der Waals surface area contributed by atoms with Gasteiger partial charge in [-0.05, 0) is 6.42 Å². The molecule has 0 fully saturated rings. The van der Waals surface area contributed by atoms with E-state index in [0.29, 0.717) is 0 Å². The second kappa shape index (κ2) is 10.8. The second-order valence-corrected chi connectivity index (χ2v) is 5.33. The summed E-state index contributed by atoms with van der Waals surface area (Å²) in [7, 11) is -10.00. The van der Waals surface area contributed by atoms with Crippen LogP contribution in [0.1, 0.15) is 12.8 Å². The molecular weight excluding hydrogens is 342 g/mol. The number of rotatable bonds is 6. The third-order valence-corrected chi connectivity index (χ3v) is 2.25. The molecule has 0 rings (SSSR count). The maximum absolute atomic E-state index is 10.9. The van der Waals surface area contributed by atoms with E-state index >= 15 is 0 Å². The minimum absolute atomic E-state index is 0. The quantitative estimate of drug-likeness (QED) is 0.242. The van der Waals surface area contributed by atoms with E-state index in [0.717, 1.165) is 0 Å². The zero-order chi connectivity index (χ0) is 14.6. The van der Waals surface area contributed by atoms with E-state index < -0.39 is 46.5 Å². The molecule has 0 aromatic carbocycles. The molecule has 0 aromatic heterocycles. The van der Waals surface area contributed by atoms with Gasteiger partial charge < -0.3 is 14.8 Å². The first-order chi connectivity index (χ1) is 7.91. The fraction of sp³-hybridized carbons (Fsp3) is 0.600. The van der Waals surface area contributed by atoms with Crippen molar-refractivity contribution in [3.63, 3.8) is 0 Å². The van der Waals surface area contributed by atoms with Crippen molar-refractivity contribution in [2.45, 2.75) is 18.9 Å². The fourth-order valence-corrected chi connectivity index (χ4v) is 1.48. The fourth-order valence-electron chi connectivity index (χ4n) is 0.754. The first-order valence-corrected chi connectivity index (χ1v) is 7.29. The minimum atomic E-state index is -5.03. The van der Waals surface area contributed by atoms with E-state index in [-0.39, 0.29) is 59.1 Å². The summed E-state index contributed by atoms with van der Waals surface area (Å²) < 4.78 is 27.8. The van der Waals surface area contributed by atoms with Crippen LogP contribution < -0.4 is 5.73 Å². The van der Waals surface area contributed by atoms with Crippen molar-refractivity contribution in [1.29, 1.82) is 0 Å². The monoisotopic (exact) mass is 355 g/mol. The van der Waals surface area contributed by atoms with Gasteiger partial charge in [0.2, 0.25) is 0 Å². The van der Waals surface area contributed by atoms with E-state index in [1.807, 2.05) is 0 Å². The molecule has 0 amide bonds. The summed E-state index contributed by atoms with van der Waals surface area (Å²) in [6.07, 6.45) is -1.10. The molecule has 0 aliphatic heterocycles. The van der Waals surface area contributed by atoms with Crippen LogP contribution >= 0.6 is 15.6 Å². The molecule has 0 bridgehead atoms. The Morgan fingerprint density at radius 1 is 1.00 bits per heavy atom. The Kier molecular flexibility index (Phi) is 14.2. The Morgan fingerprint density at radius 3 is 1.75 bits per heavy atom. The van der Waals surface area contributed by atoms with Crippen LogP contribution in [0.5, 0.6) is 0 Å². The van der Waals surface area contributed by atoms with Gasteiger partial charge >= 0.3 is 86.7 Å². The number of hydrogen-bond acceptors (Lipinski definition) is 7. The molecule has 1 atom stereocenters. The van der Waals surface area contributed by atoms with Crippen LogP contribution in [0.4, 0.5) is 0 Å². The normalized spacial score (nSPS) is 12.4. The van der Waals surface area contributed by atoms with E-state index in [2.05, 4.69) is 9.05 Å². The molecule has 20 heavy (non-hydrogen) atoms. The predicted molar refractivity (Wildman–Crippen MR) is 67.8 cm³/mol. The Morgan fingerprint density at radius 2 is 1.40 bits per heavy atom. The standard InChI is InChI=1S/C5H11NO10P2.2Na.2H/c6-3(5(8)16-18(12,13)14)1-2-4(7)15-17(9,10)11;;;;/h3H,1-2,6H2,(H2,9,10,11)(H2,12,13,14);;;;/t3-;;;;/m0..../s1. The molecule has 6 N–H and O–H groups in total. The van der Waals surface area contributed by atoms with Crippen molar-refractivity contribution in [2.24, 2.45) is 5.73 Å². The van der Waals surface area contributed by atoms with Gasteiger partial charge in [0.1, 0.15) is 6.04 Å². The van der Waals surface area contributed by atoms with Gasteiger partial charge in [-0.2, -0.15) is 0 Å². The molecule has 0 saturated carbocycles. The average molecular weight is 355 g/mol. The second-order valence-electron chi connectivity index (χ2n) is 3.00. The zero-order valence-corrected chi connectivity index (χ0v) is 10.5. The number of nitrogens with two attached hydrogens (primary N) is 1. The van der Waals surface area contributed by atoms with Gasteiger partial charge in [0.05, 0.1) is 0 Å². The molecule has 0 unspecified atom stereocenters. The van der Waals surface area contributed by atoms with Crippen molar-refractivity contribution in [1.82, 2.24) is 0 Å². The zero-order valence-electron chi connectivity index (χ0n) is 8.70. The van der Waals surface area contributed by atoms with Gasteiger partial charge in [-0.25, -0.2) is 13.9 Å². The molecule has 110 valence electrons. The molecular formula is C5H13NNa2O10P2. The van der Waals surface area contributed by atoms with Gasteiger partial charge in [-0.15, -0.1) is 0 Å². The molecule has 0 heterocycles. The Bertz CT molecular complexity index is 418. The van der Waals surface area contributed by atoms with Crippen LogP contribution in [-0.4, -0.2) is 96.7 Å². The van der Waals surface area contributed by atoms with E-state index in [9.17, 15) is 18.7 Å². The van der Waals surface area contributed by atoms with E-state index in [1.54, 1.807) is 0 Å². The van der Waals surface area contributed by atoms with Gasteiger partial charge in [-0.1, -0.05) is 0 Å². The van der Waals surface area contributed by atoms with Crippen molar-refractivity contribution >= 4 is 86.7 Å². The summed E-state index contributed by atoms with van der Waals surface area (Å²) in [5, 5.41) is 0. The molecule has 0 radical (unpaired) electrons. The van der Waals surface area contributed by atoms with Crippen molar-refractivity contribution in [3.05, 3.63) is 0 Å². The number of carbonyl (C=O) groups excluding carboxylic acids is 2. The van der Waals surface area contributed by atoms with Gasteiger partial charge in [0.15, 0.2) is 0 Å². The van der Waals surface area contributed by atoms with Crippen LogP contribution in [0.15, 0.2) is 0 Å². The molecule has 0 aliphatic carbocycles. The third-order valence-electron chi connectivity index (χ3n) is 1.39. The first kappa shape index (κ1) is 26.1. The van der Waals surface area contributed by atoms with Crippen LogP contribution in [0, 0.1) is 0 Å². The summed E-state index contributed by atoms with van der Waals surface area (Å²) >= 11 is 0. The van der Waals surface area contributed by atoms with E-state index in [4.69, 9.17) is 25.3 Å². The Labute approximate surface area is 157 Å². The van der Waals surface area contributed by atoms with Crippen LogP contribution in [0.2, 0.25) is 0 Å². The van der Waals surface area contributed by atoms with Gasteiger partial charge in [0.25, 0.3) is 0 Å². The van der Waals surface area contributed by atoms with Crippen molar-refractivity contribution in [3.8, 4) is 0 Å². The molecule has 15 heteroatoms. The summed E-state index contributed by atoms with van der Waals surface area (Å²) in [4.78, 5) is 54.8. The number of hydrogen-bond donors (Lipinski definition) is 5. The van der Waals surface area contributed by atoms with Gasteiger partial charge in [-0.3, -0.25) is 24.4 Å². The van der Waals surface area contributed by atoms with Gasteiger partial charge in [0, 0.05) is 6.42 Å². The first-order valence-electron chi connectivity index (χ1n) is 4.23. The van der Waals surface area contributed by atoms with E-state index in [1.165, 1.54) is 0 Å². The Balaban J connectivity index is -0.00000144. The average Bonchev–Trinajstić information content (AvgIpc) is 2.08. The summed E-state index contributed by atoms with van der Waals surface area (Å²) in [6.45, 7) is 0. The van der Waals surface area contributed by atoms with Crippen molar-refractivity contribution in [2.75, 3.05) is 0 Å². The number of carbonyl (C=O) groups is 2. The molecule has 0 aromatic rings. The predicted octanol–water partition coefficient (Wildman–Crippen LogP) is -2.93. The summed E-state index contributed by atoms with van der Waals surface area (Å²) in [6, 6.07) is -1.54. The summed E-state index contributed by atoms with van der Waals surface area (Å²) in [5.74, 6) is -2.77. The Hall–Kier alpha value is 1.20. The molecule has 11 nitrogen and oxygen atoms in total. The van der Waals surface area contributed by atoms with Crippen LogP contribution in [0.3, 0.4) is 0 Å². The molecule has 0 spiro atoms. The van der Waals surface area contributed by atoms with Crippen LogP contribution in [-0.2, 0) is 27.8 Å². The van der Waals surface area contributed by atoms with Crippen molar-refractivity contribution < 1.29 is 47.3 Å². The molecule has 0 aliphatic rings. The van der Waals surface area contributed by atoms with Crippen LogP contribution in [0.25, 0.3) is 0 Å².